The fourth-order valence-electron chi connectivity index (χ4n) is 4.40. The Morgan fingerprint density at radius 3 is 2.16 bits per heavy atom. The zero-order valence-electron chi connectivity index (χ0n) is 20.8. The van der Waals surface area contributed by atoms with Crippen molar-refractivity contribution < 1.29 is 45.5 Å². The number of halogens is 6. The molecule has 2 aromatic rings. The van der Waals surface area contributed by atoms with Gasteiger partial charge in [-0.05, 0) is 62.1 Å². The molecule has 0 N–H and O–H groups in total. The largest absolute Gasteiger partial charge is 0.446 e. The van der Waals surface area contributed by atoms with Crippen molar-refractivity contribution in [1.82, 2.24) is 4.90 Å². The smallest absolute Gasteiger partial charge is 0.416 e. The van der Waals surface area contributed by atoms with Gasteiger partial charge in [0.05, 0.1) is 29.0 Å². The average Bonchev–Trinajstić information content (AvgIpc) is 2.99. The van der Waals surface area contributed by atoms with Crippen molar-refractivity contribution in [2.75, 3.05) is 11.4 Å². The number of aldehydes is 1. The highest BCUT2D eigenvalue weighted by Gasteiger charge is 2.38. The summed E-state index contributed by atoms with van der Waals surface area (Å²) in [5.41, 5.74) is -2.40. The normalized spacial score (nSPS) is 16.1. The topological polar surface area (TPSA) is 66.9 Å². The number of rotatable bonds is 5. The van der Waals surface area contributed by atoms with E-state index < -0.39 is 54.2 Å². The Hall–Kier alpha value is -3.57. The minimum absolute atomic E-state index is 0.0295. The first kappa shape index (κ1) is 29.0. The van der Waals surface area contributed by atoms with Gasteiger partial charge in [0.1, 0.15) is 6.29 Å². The van der Waals surface area contributed by atoms with Gasteiger partial charge in [-0.25, -0.2) is 4.79 Å². The van der Waals surface area contributed by atoms with E-state index in [-0.39, 0.29) is 35.8 Å². The molecule has 3 rings (SSSR count). The summed E-state index contributed by atoms with van der Waals surface area (Å²) >= 11 is 0. The van der Waals surface area contributed by atoms with Gasteiger partial charge in [-0.1, -0.05) is 12.1 Å². The quantitative estimate of drug-likeness (QED) is 0.308. The number of benzene rings is 2. The third-order valence-corrected chi connectivity index (χ3v) is 6.04. The van der Waals surface area contributed by atoms with E-state index in [1.165, 1.54) is 28.0 Å². The van der Waals surface area contributed by atoms with Crippen molar-refractivity contribution >= 4 is 24.0 Å². The maximum absolute atomic E-state index is 13.4. The van der Waals surface area contributed by atoms with E-state index in [0.717, 1.165) is 6.92 Å². The van der Waals surface area contributed by atoms with Gasteiger partial charge in [0.15, 0.2) is 0 Å². The van der Waals surface area contributed by atoms with Crippen molar-refractivity contribution in [2.24, 2.45) is 0 Å². The number of alkyl halides is 6. The summed E-state index contributed by atoms with van der Waals surface area (Å²) in [6.07, 6.45) is -10.0. The fourth-order valence-corrected chi connectivity index (χ4v) is 4.40. The molecule has 1 atom stereocenters. The van der Waals surface area contributed by atoms with Gasteiger partial charge in [0.25, 0.3) is 0 Å². The molecule has 12 heteroatoms. The van der Waals surface area contributed by atoms with Crippen LogP contribution >= 0.6 is 0 Å². The van der Waals surface area contributed by atoms with Crippen LogP contribution in [-0.4, -0.2) is 35.8 Å². The van der Waals surface area contributed by atoms with Crippen LogP contribution in [0.3, 0.4) is 0 Å². The van der Waals surface area contributed by atoms with Crippen LogP contribution in [0.2, 0.25) is 0 Å². The van der Waals surface area contributed by atoms with Crippen LogP contribution in [0.4, 0.5) is 36.8 Å². The lowest BCUT2D eigenvalue weighted by Gasteiger charge is -2.32. The van der Waals surface area contributed by atoms with Crippen LogP contribution in [0.15, 0.2) is 36.4 Å². The van der Waals surface area contributed by atoms with Crippen LogP contribution in [0, 0.1) is 0 Å². The molecular formula is C26H26F6N2O4. The summed E-state index contributed by atoms with van der Waals surface area (Å²) in [5.74, 6) is -0.593. The first-order chi connectivity index (χ1) is 17.6. The van der Waals surface area contributed by atoms with Gasteiger partial charge in [-0.3, -0.25) is 14.5 Å². The maximum Gasteiger partial charge on any atom is 0.416 e. The number of ether oxygens (including phenoxy) is 1. The number of hydrogen-bond donors (Lipinski definition) is 0. The van der Waals surface area contributed by atoms with E-state index in [2.05, 4.69) is 0 Å². The number of nitrogens with zero attached hydrogens (tertiary/aromatic N) is 2. The highest BCUT2D eigenvalue weighted by atomic mass is 19.4. The van der Waals surface area contributed by atoms with Gasteiger partial charge in [-0.15, -0.1) is 0 Å². The molecule has 38 heavy (non-hydrogen) atoms. The SMILES string of the molecule is CC(=O)N(Cc1cc(C(F)(F)F)cc(C(F)(F)F)c1)C1CCCN(C(=O)OC(C)C)c2cc(C=O)ccc21. The van der Waals surface area contributed by atoms with E-state index in [1.807, 2.05) is 0 Å². The first-order valence-electron chi connectivity index (χ1n) is 11.7. The fraction of sp³-hybridized carbons (Fsp3) is 0.423. The van der Waals surface area contributed by atoms with Gasteiger partial charge < -0.3 is 9.64 Å². The van der Waals surface area contributed by atoms with Crippen LogP contribution < -0.4 is 4.90 Å². The maximum atomic E-state index is 13.4. The summed E-state index contributed by atoms with van der Waals surface area (Å²) in [7, 11) is 0. The Kier molecular flexibility index (Phi) is 8.42. The second-order valence-electron chi connectivity index (χ2n) is 9.24. The van der Waals surface area contributed by atoms with Gasteiger partial charge in [0, 0.05) is 25.6 Å². The van der Waals surface area contributed by atoms with Crippen molar-refractivity contribution in [1.29, 1.82) is 0 Å². The number of anilines is 1. The molecule has 1 aliphatic heterocycles. The Labute approximate surface area is 215 Å². The molecule has 1 unspecified atom stereocenters. The van der Waals surface area contributed by atoms with Crippen molar-refractivity contribution in [3.05, 3.63) is 64.2 Å². The third kappa shape index (κ3) is 6.65. The molecule has 206 valence electrons. The average molecular weight is 544 g/mol. The highest BCUT2D eigenvalue weighted by molar-refractivity contribution is 5.91. The summed E-state index contributed by atoms with van der Waals surface area (Å²) in [6, 6.07) is 4.82. The second-order valence-corrected chi connectivity index (χ2v) is 9.24. The Bertz CT molecular complexity index is 1180. The molecule has 2 amide bonds. The predicted molar refractivity (Wildman–Crippen MR) is 125 cm³/mol. The summed E-state index contributed by atoms with van der Waals surface area (Å²) in [5, 5.41) is 0. The number of fused-ring (bicyclic) bond motifs is 1. The Morgan fingerprint density at radius 1 is 1.05 bits per heavy atom. The van der Waals surface area contributed by atoms with Crippen LogP contribution in [0.25, 0.3) is 0 Å². The van der Waals surface area contributed by atoms with E-state index >= 15 is 0 Å². The minimum Gasteiger partial charge on any atom is -0.446 e. The van der Waals surface area contributed by atoms with E-state index in [0.29, 0.717) is 30.4 Å². The molecule has 1 heterocycles. The molecule has 0 spiro atoms. The monoisotopic (exact) mass is 544 g/mol. The summed E-state index contributed by atoms with van der Waals surface area (Å²) in [4.78, 5) is 39.5. The van der Waals surface area contributed by atoms with Crippen molar-refractivity contribution in [3.63, 3.8) is 0 Å². The Morgan fingerprint density at radius 2 is 1.66 bits per heavy atom. The predicted octanol–water partition coefficient (Wildman–Crippen LogP) is 6.77. The van der Waals surface area contributed by atoms with Gasteiger partial charge in [0.2, 0.25) is 5.91 Å². The molecule has 0 saturated heterocycles. The molecule has 0 aromatic heterocycles. The van der Waals surface area contributed by atoms with Crippen LogP contribution in [0.1, 0.15) is 72.3 Å². The standard InChI is InChI=1S/C26H26F6N2O4/c1-15(2)38-24(37)33-8-4-5-22(21-7-6-17(14-35)11-23(21)33)34(16(3)36)13-18-9-19(25(27,28)29)12-20(10-18)26(30,31)32/h6-7,9-12,14-15,22H,4-5,8,13H2,1-3H3. The molecule has 0 fully saturated rings. The molecular weight excluding hydrogens is 518 g/mol. The van der Waals surface area contributed by atoms with Gasteiger partial charge in [-0.2, -0.15) is 26.3 Å². The van der Waals surface area contributed by atoms with Crippen molar-refractivity contribution in [3.8, 4) is 0 Å². The molecule has 0 bridgehead atoms. The zero-order valence-corrected chi connectivity index (χ0v) is 20.8. The molecule has 0 aliphatic carbocycles. The molecule has 2 aromatic carbocycles. The zero-order chi connectivity index (χ0) is 28.4. The van der Waals surface area contributed by atoms with Crippen molar-refractivity contribution in [2.45, 2.75) is 64.7 Å². The lowest BCUT2D eigenvalue weighted by molar-refractivity contribution is -0.143. The number of carbonyl (C=O) groups is 3. The first-order valence-corrected chi connectivity index (χ1v) is 11.7. The second kappa shape index (κ2) is 11.0. The van der Waals surface area contributed by atoms with E-state index in [1.54, 1.807) is 13.8 Å². The number of amides is 2. The summed E-state index contributed by atoms with van der Waals surface area (Å²) in [6.45, 7) is 4.09. The van der Waals surface area contributed by atoms with Crippen LogP contribution in [-0.2, 0) is 28.4 Å². The minimum atomic E-state index is -5.03. The molecule has 0 saturated carbocycles. The number of carbonyl (C=O) groups excluding carboxylic acids is 3. The van der Waals surface area contributed by atoms with Crippen LogP contribution in [0.5, 0.6) is 0 Å². The lowest BCUT2D eigenvalue weighted by atomic mass is 9.97. The van der Waals surface area contributed by atoms with E-state index in [4.69, 9.17) is 4.74 Å². The van der Waals surface area contributed by atoms with E-state index in [9.17, 15) is 40.7 Å². The highest BCUT2D eigenvalue weighted by Crippen LogP contribution is 2.40. The lowest BCUT2D eigenvalue weighted by Crippen LogP contribution is -2.35. The third-order valence-electron chi connectivity index (χ3n) is 6.04. The van der Waals surface area contributed by atoms with Gasteiger partial charge >= 0.3 is 18.4 Å². The number of hydrogen-bond acceptors (Lipinski definition) is 4. The molecule has 6 nitrogen and oxygen atoms in total. The summed E-state index contributed by atoms with van der Waals surface area (Å²) < 4.78 is 85.7. The molecule has 0 radical (unpaired) electrons. The Balaban J connectivity index is 2.10. The molecule has 1 aliphatic rings.